The Labute approximate surface area is 144 Å². The van der Waals surface area contributed by atoms with Crippen LogP contribution in [0.2, 0.25) is 5.02 Å². The van der Waals surface area contributed by atoms with E-state index >= 15 is 0 Å². The first kappa shape index (κ1) is 16.8. The molecule has 1 aromatic carbocycles. The summed E-state index contributed by atoms with van der Waals surface area (Å²) in [5.41, 5.74) is 0.760. The molecule has 0 fully saturated rings. The molecule has 0 N–H and O–H groups in total. The Morgan fingerprint density at radius 2 is 2.12 bits per heavy atom. The minimum atomic E-state index is -0.548. The SMILES string of the molecule is CC(C)(C)n1nnc(CC(=O)N2CCCc3ccc(Cl)c(F)c32)n1. The quantitative estimate of drug-likeness (QED) is 0.834. The van der Waals surface area contributed by atoms with Crippen LogP contribution in [-0.4, -0.2) is 32.7 Å². The minimum absolute atomic E-state index is 0.0188. The molecule has 0 unspecified atom stereocenters. The highest BCUT2D eigenvalue weighted by molar-refractivity contribution is 6.31. The first-order chi connectivity index (χ1) is 11.3. The number of rotatable bonds is 2. The monoisotopic (exact) mass is 351 g/mol. The van der Waals surface area contributed by atoms with Gasteiger partial charge in [-0.15, -0.1) is 10.2 Å². The predicted octanol–water partition coefficient (Wildman–Crippen LogP) is 2.74. The molecule has 0 saturated heterocycles. The summed E-state index contributed by atoms with van der Waals surface area (Å²) in [6.07, 6.45) is 1.48. The average molecular weight is 352 g/mol. The Kier molecular flexibility index (Phi) is 4.29. The molecule has 8 heteroatoms. The van der Waals surface area contributed by atoms with E-state index in [2.05, 4.69) is 15.4 Å². The largest absolute Gasteiger partial charge is 0.309 e. The van der Waals surface area contributed by atoms with Gasteiger partial charge >= 0.3 is 0 Å². The van der Waals surface area contributed by atoms with Crippen molar-refractivity contribution in [1.82, 2.24) is 20.2 Å². The number of halogens is 2. The van der Waals surface area contributed by atoms with Crippen molar-refractivity contribution in [3.63, 3.8) is 0 Å². The van der Waals surface area contributed by atoms with E-state index in [0.717, 1.165) is 18.4 Å². The molecule has 2 heterocycles. The smallest absolute Gasteiger partial charge is 0.234 e. The van der Waals surface area contributed by atoms with Crippen LogP contribution in [0.3, 0.4) is 0 Å². The van der Waals surface area contributed by atoms with E-state index in [1.807, 2.05) is 20.8 Å². The minimum Gasteiger partial charge on any atom is -0.309 e. The van der Waals surface area contributed by atoms with Crippen LogP contribution in [0.4, 0.5) is 10.1 Å². The fourth-order valence-electron chi connectivity index (χ4n) is 2.69. The molecule has 128 valence electrons. The molecule has 0 atom stereocenters. The van der Waals surface area contributed by atoms with Crippen LogP contribution in [-0.2, 0) is 23.2 Å². The number of hydrogen-bond donors (Lipinski definition) is 0. The highest BCUT2D eigenvalue weighted by Crippen LogP contribution is 2.34. The highest BCUT2D eigenvalue weighted by atomic mass is 35.5. The topological polar surface area (TPSA) is 63.9 Å². The van der Waals surface area contributed by atoms with E-state index in [4.69, 9.17) is 11.6 Å². The van der Waals surface area contributed by atoms with Crippen LogP contribution in [0.1, 0.15) is 38.6 Å². The van der Waals surface area contributed by atoms with Crippen LogP contribution in [0.5, 0.6) is 0 Å². The fourth-order valence-corrected chi connectivity index (χ4v) is 2.84. The molecule has 6 nitrogen and oxygen atoms in total. The summed E-state index contributed by atoms with van der Waals surface area (Å²) in [4.78, 5) is 15.6. The van der Waals surface area contributed by atoms with Crippen molar-refractivity contribution in [3.8, 4) is 0 Å². The van der Waals surface area contributed by atoms with Crippen molar-refractivity contribution in [1.29, 1.82) is 0 Å². The maximum atomic E-state index is 14.4. The lowest BCUT2D eigenvalue weighted by molar-refractivity contribution is -0.118. The van der Waals surface area contributed by atoms with Gasteiger partial charge in [-0.2, -0.15) is 4.80 Å². The Morgan fingerprint density at radius 3 is 2.79 bits per heavy atom. The molecule has 2 aromatic rings. The van der Waals surface area contributed by atoms with Gasteiger partial charge in [0.25, 0.3) is 0 Å². The van der Waals surface area contributed by atoms with Gasteiger partial charge in [-0.1, -0.05) is 17.7 Å². The molecule has 0 spiro atoms. The van der Waals surface area contributed by atoms with Gasteiger partial charge in [0, 0.05) is 6.54 Å². The summed E-state index contributed by atoms with van der Waals surface area (Å²) in [5.74, 6) is -0.483. The predicted molar refractivity (Wildman–Crippen MR) is 88.6 cm³/mol. The Hall–Kier alpha value is -2.02. The van der Waals surface area contributed by atoms with E-state index in [1.165, 1.54) is 15.8 Å². The van der Waals surface area contributed by atoms with E-state index < -0.39 is 5.82 Å². The second kappa shape index (κ2) is 6.12. The lowest BCUT2D eigenvalue weighted by atomic mass is 10.0. The fraction of sp³-hybridized carbons (Fsp3) is 0.500. The molecule has 0 radical (unpaired) electrons. The van der Waals surface area contributed by atoms with Crippen molar-refractivity contribution in [2.45, 2.75) is 45.6 Å². The number of carbonyl (C=O) groups is 1. The molecule has 24 heavy (non-hydrogen) atoms. The van der Waals surface area contributed by atoms with Crippen molar-refractivity contribution in [2.24, 2.45) is 0 Å². The highest BCUT2D eigenvalue weighted by Gasteiger charge is 2.28. The lowest BCUT2D eigenvalue weighted by Crippen LogP contribution is -2.37. The van der Waals surface area contributed by atoms with Gasteiger partial charge in [-0.05, 0) is 50.5 Å². The van der Waals surface area contributed by atoms with Crippen LogP contribution >= 0.6 is 11.6 Å². The summed E-state index contributed by atoms with van der Waals surface area (Å²) >= 11 is 5.88. The second-order valence-corrected chi connectivity index (χ2v) is 7.27. The third-order valence-corrected chi connectivity index (χ3v) is 4.21. The number of fused-ring (bicyclic) bond motifs is 1. The van der Waals surface area contributed by atoms with Crippen molar-refractivity contribution < 1.29 is 9.18 Å². The van der Waals surface area contributed by atoms with Gasteiger partial charge in [0.1, 0.15) is 0 Å². The Bertz CT molecular complexity index is 783. The van der Waals surface area contributed by atoms with E-state index in [9.17, 15) is 9.18 Å². The number of tetrazole rings is 1. The summed E-state index contributed by atoms with van der Waals surface area (Å²) in [6.45, 7) is 6.28. The number of nitrogens with zero attached hydrogens (tertiary/aromatic N) is 5. The number of benzene rings is 1. The average Bonchev–Trinajstić information content (AvgIpc) is 2.99. The molecule has 1 aliphatic rings. The van der Waals surface area contributed by atoms with Gasteiger partial charge in [0.15, 0.2) is 11.6 Å². The molecule has 0 bridgehead atoms. The van der Waals surface area contributed by atoms with E-state index in [1.54, 1.807) is 6.07 Å². The first-order valence-electron chi connectivity index (χ1n) is 7.84. The van der Waals surface area contributed by atoms with Crippen molar-refractivity contribution >= 4 is 23.2 Å². The molecule has 3 rings (SSSR count). The number of aromatic nitrogens is 4. The zero-order chi connectivity index (χ0) is 17.5. The van der Waals surface area contributed by atoms with Gasteiger partial charge in [-0.3, -0.25) is 4.79 Å². The van der Waals surface area contributed by atoms with Crippen molar-refractivity contribution in [2.75, 3.05) is 11.4 Å². The van der Waals surface area contributed by atoms with Crippen LogP contribution in [0, 0.1) is 5.82 Å². The van der Waals surface area contributed by atoms with Crippen LogP contribution < -0.4 is 4.90 Å². The third kappa shape index (κ3) is 3.13. The lowest BCUT2D eigenvalue weighted by Gasteiger charge is -2.29. The van der Waals surface area contributed by atoms with Crippen LogP contribution in [0.25, 0.3) is 0 Å². The summed E-state index contributed by atoms with van der Waals surface area (Å²) in [6, 6.07) is 3.30. The summed E-state index contributed by atoms with van der Waals surface area (Å²) in [5, 5.41) is 12.2. The number of anilines is 1. The molecule has 1 aromatic heterocycles. The summed E-state index contributed by atoms with van der Waals surface area (Å²) < 4.78 is 14.4. The zero-order valence-electron chi connectivity index (χ0n) is 13.9. The maximum absolute atomic E-state index is 14.4. The van der Waals surface area contributed by atoms with E-state index in [0.29, 0.717) is 12.4 Å². The molecule has 1 amide bonds. The standard InChI is InChI=1S/C16H19ClFN5O/c1-16(2,3)23-20-12(19-21-23)9-13(24)22-8-4-5-10-6-7-11(17)14(18)15(10)22/h6-7H,4-5,8-9H2,1-3H3. The Balaban J connectivity index is 1.85. The van der Waals surface area contributed by atoms with Gasteiger partial charge in [0.2, 0.25) is 5.91 Å². The third-order valence-electron chi connectivity index (χ3n) is 3.92. The summed E-state index contributed by atoms with van der Waals surface area (Å²) in [7, 11) is 0. The normalized spacial score (nSPS) is 14.6. The van der Waals surface area contributed by atoms with E-state index in [-0.39, 0.29) is 28.6 Å². The Morgan fingerprint density at radius 1 is 1.38 bits per heavy atom. The first-order valence-corrected chi connectivity index (χ1v) is 8.22. The maximum Gasteiger partial charge on any atom is 0.234 e. The second-order valence-electron chi connectivity index (χ2n) is 6.86. The van der Waals surface area contributed by atoms with Gasteiger partial charge < -0.3 is 4.90 Å². The zero-order valence-corrected chi connectivity index (χ0v) is 14.6. The number of hydrogen-bond acceptors (Lipinski definition) is 4. The van der Waals surface area contributed by atoms with Crippen LogP contribution in [0.15, 0.2) is 12.1 Å². The van der Waals surface area contributed by atoms with Crippen molar-refractivity contribution in [3.05, 3.63) is 34.4 Å². The van der Waals surface area contributed by atoms with Gasteiger partial charge in [0.05, 0.1) is 22.7 Å². The van der Waals surface area contributed by atoms with Gasteiger partial charge in [-0.25, -0.2) is 4.39 Å². The molecular formula is C16H19ClFN5O. The number of carbonyl (C=O) groups excluding carboxylic acids is 1. The molecular weight excluding hydrogens is 333 g/mol. The number of aryl methyl sites for hydroxylation is 1. The molecule has 0 saturated carbocycles. The number of amides is 1. The molecule has 0 aliphatic carbocycles. The molecule has 1 aliphatic heterocycles.